The molecule has 2 heterocycles. The summed E-state index contributed by atoms with van der Waals surface area (Å²) in [5.74, 6) is 0.661. The van der Waals surface area contributed by atoms with Crippen LogP contribution in [0.2, 0.25) is 0 Å². The fourth-order valence-corrected chi connectivity index (χ4v) is 3.44. The Morgan fingerprint density at radius 2 is 1.81 bits per heavy atom. The zero-order valence-corrected chi connectivity index (χ0v) is 15.0. The lowest BCUT2D eigenvalue weighted by Crippen LogP contribution is -2.24. The van der Waals surface area contributed by atoms with Gasteiger partial charge in [-0.25, -0.2) is 9.98 Å². The molecule has 1 aromatic heterocycles. The van der Waals surface area contributed by atoms with Gasteiger partial charge in [0.1, 0.15) is 0 Å². The van der Waals surface area contributed by atoms with Crippen molar-refractivity contribution in [2.45, 2.75) is 19.4 Å². The maximum Gasteiger partial charge on any atom is 0.269 e. The van der Waals surface area contributed by atoms with E-state index in [0.717, 1.165) is 42.8 Å². The molecule has 0 bridgehead atoms. The standard InChI is InChI=1S/C20H21N5O2/c26-25(27)17-9-7-16(8-10-17)15-21-20-22-18-5-1-2-6-19(18)24(20)14-13-23-11-3-4-12-23/h1-2,5-10,15H,3-4,11-14H2. The summed E-state index contributed by atoms with van der Waals surface area (Å²) >= 11 is 0. The Hall–Kier alpha value is -3.06. The first kappa shape index (κ1) is 17.4. The molecule has 4 rings (SSSR count). The molecule has 0 radical (unpaired) electrons. The van der Waals surface area contributed by atoms with Gasteiger partial charge in [-0.05, 0) is 55.8 Å². The summed E-state index contributed by atoms with van der Waals surface area (Å²) in [6.45, 7) is 4.15. The van der Waals surface area contributed by atoms with Gasteiger partial charge in [-0.2, -0.15) is 0 Å². The van der Waals surface area contributed by atoms with Crippen LogP contribution in [0.25, 0.3) is 11.0 Å². The van der Waals surface area contributed by atoms with Crippen LogP contribution in [0.4, 0.5) is 11.6 Å². The molecule has 138 valence electrons. The lowest BCUT2D eigenvalue weighted by atomic mass is 10.2. The first-order chi connectivity index (χ1) is 13.2. The van der Waals surface area contributed by atoms with Crippen LogP contribution in [0.5, 0.6) is 0 Å². The summed E-state index contributed by atoms with van der Waals surface area (Å²) in [4.78, 5) is 22.1. The van der Waals surface area contributed by atoms with Crippen LogP contribution < -0.4 is 0 Å². The average molecular weight is 363 g/mol. The van der Waals surface area contributed by atoms with Crippen molar-refractivity contribution in [3.63, 3.8) is 0 Å². The van der Waals surface area contributed by atoms with Gasteiger partial charge in [0.2, 0.25) is 5.95 Å². The van der Waals surface area contributed by atoms with Gasteiger partial charge in [-0.3, -0.25) is 10.1 Å². The maximum absolute atomic E-state index is 10.8. The van der Waals surface area contributed by atoms with Crippen molar-refractivity contribution >= 4 is 28.9 Å². The number of aromatic nitrogens is 2. The molecule has 7 nitrogen and oxygen atoms in total. The number of nitro benzene ring substituents is 1. The van der Waals surface area contributed by atoms with Crippen LogP contribution in [-0.4, -0.2) is 45.2 Å². The summed E-state index contributed by atoms with van der Waals surface area (Å²) in [5, 5.41) is 10.8. The largest absolute Gasteiger partial charge is 0.307 e. The van der Waals surface area contributed by atoms with Gasteiger partial charge in [-0.15, -0.1) is 0 Å². The molecule has 0 N–H and O–H groups in total. The fraction of sp³-hybridized carbons (Fsp3) is 0.300. The van der Waals surface area contributed by atoms with E-state index in [1.807, 2.05) is 18.2 Å². The van der Waals surface area contributed by atoms with Crippen molar-refractivity contribution in [1.82, 2.24) is 14.5 Å². The van der Waals surface area contributed by atoms with E-state index in [4.69, 9.17) is 0 Å². The molecule has 1 fully saturated rings. The van der Waals surface area contributed by atoms with Crippen LogP contribution in [0, 0.1) is 10.1 Å². The fourth-order valence-electron chi connectivity index (χ4n) is 3.44. The number of hydrogen-bond donors (Lipinski definition) is 0. The number of para-hydroxylation sites is 2. The van der Waals surface area contributed by atoms with E-state index < -0.39 is 4.92 Å². The molecule has 0 aliphatic carbocycles. The summed E-state index contributed by atoms with van der Waals surface area (Å²) in [6.07, 6.45) is 4.25. The Kier molecular flexibility index (Phi) is 4.93. The molecule has 27 heavy (non-hydrogen) atoms. The Morgan fingerprint density at radius 3 is 2.56 bits per heavy atom. The van der Waals surface area contributed by atoms with Gasteiger partial charge >= 0.3 is 0 Å². The monoisotopic (exact) mass is 363 g/mol. The minimum absolute atomic E-state index is 0.0741. The second kappa shape index (κ2) is 7.67. The Balaban J connectivity index is 1.59. The third-order valence-electron chi connectivity index (χ3n) is 4.91. The van der Waals surface area contributed by atoms with Crippen molar-refractivity contribution in [3.05, 3.63) is 64.2 Å². The molecule has 1 saturated heterocycles. The van der Waals surface area contributed by atoms with Gasteiger partial charge in [0.15, 0.2) is 0 Å². The van der Waals surface area contributed by atoms with Crippen LogP contribution in [0.1, 0.15) is 18.4 Å². The first-order valence-electron chi connectivity index (χ1n) is 9.17. The molecular formula is C20H21N5O2. The number of likely N-dealkylation sites (tertiary alicyclic amines) is 1. The Bertz CT molecular complexity index is 972. The quantitative estimate of drug-likeness (QED) is 0.379. The van der Waals surface area contributed by atoms with Gasteiger partial charge < -0.3 is 9.47 Å². The topological polar surface area (TPSA) is 76.6 Å². The van der Waals surface area contributed by atoms with Crippen LogP contribution in [-0.2, 0) is 6.54 Å². The molecular weight excluding hydrogens is 342 g/mol. The van der Waals surface area contributed by atoms with E-state index in [1.165, 1.54) is 25.0 Å². The predicted octanol–water partition coefficient (Wildman–Crippen LogP) is 3.79. The molecule has 0 atom stereocenters. The molecule has 0 amide bonds. The molecule has 0 spiro atoms. The number of nitrogens with zero attached hydrogens (tertiary/aromatic N) is 5. The summed E-state index contributed by atoms with van der Waals surface area (Å²) in [6, 6.07) is 14.4. The minimum Gasteiger partial charge on any atom is -0.307 e. The summed E-state index contributed by atoms with van der Waals surface area (Å²) < 4.78 is 2.15. The van der Waals surface area contributed by atoms with Gasteiger partial charge in [0.25, 0.3) is 5.69 Å². The minimum atomic E-state index is -0.404. The summed E-state index contributed by atoms with van der Waals surface area (Å²) in [5.41, 5.74) is 2.88. The molecule has 3 aromatic rings. The van der Waals surface area contributed by atoms with Crippen LogP contribution >= 0.6 is 0 Å². The van der Waals surface area contributed by atoms with Crippen LogP contribution in [0.15, 0.2) is 53.5 Å². The Morgan fingerprint density at radius 1 is 1.07 bits per heavy atom. The normalized spacial score (nSPS) is 15.1. The zero-order valence-electron chi connectivity index (χ0n) is 15.0. The molecule has 1 aliphatic rings. The lowest BCUT2D eigenvalue weighted by molar-refractivity contribution is -0.384. The lowest BCUT2D eigenvalue weighted by Gasteiger charge is -2.15. The number of hydrogen-bond acceptors (Lipinski definition) is 5. The molecule has 2 aromatic carbocycles. The van der Waals surface area contributed by atoms with Crippen molar-refractivity contribution in [3.8, 4) is 0 Å². The SMILES string of the molecule is O=[N+]([O-])c1ccc(C=Nc2nc3ccccc3n2CCN2CCCC2)cc1. The average Bonchev–Trinajstić information content (AvgIpc) is 3.32. The zero-order chi connectivity index (χ0) is 18.6. The van der Waals surface area contributed by atoms with E-state index in [0.29, 0.717) is 5.95 Å². The predicted molar refractivity (Wildman–Crippen MR) is 106 cm³/mol. The number of fused-ring (bicyclic) bond motifs is 1. The van der Waals surface area contributed by atoms with Gasteiger partial charge in [0.05, 0.1) is 16.0 Å². The summed E-state index contributed by atoms with van der Waals surface area (Å²) in [7, 11) is 0. The van der Waals surface area contributed by atoms with E-state index >= 15 is 0 Å². The highest BCUT2D eigenvalue weighted by Gasteiger charge is 2.14. The second-order valence-corrected chi connectivity index (χ2v) is 6.71. The van der Waals surface area contributed by atoms with E-state index in [-0.39, 0.29) is 5.69 Å². The van der Waals surface area contributed by atoms with E-state index in [2.05, 4.69) is 25.5 Å². The highest BCUT2D eigenvalue weighted by Crippen LogP contribution is 2.22. The third-order valence-corrected chi connectivity index (χ3v) is 4.91. The molecule has 1 aliphatic heterocycles. The molecule has 7 heteroatoms. The first-order valence-corrected chi connectivity index (χ1v) is 9.17. The molecule has 0 saturated carbocycles. The number of rotatable bonds is 6. The maximum atomic E-state index is 10.8. The Labute approximate surface area is 157 Å². The highest BCUT2D eigenvalue weighted by atomic mass is 16.6. The number of nitro groups is 1. The second-order valence-electron chi connectivity index (χ2n) is 6.71. The highest BCUT2D eigenvalue weighted by molar-refractivity contribution is 5.84. The van der Waals surface area contributed by atoms with Gasteiger partial charge in [0, 0.05) is 31.4 Å². The van der Waals surface area contributed by atoms with Crippen molar-refractivity contribution < 1.29 is 4.92 Å². The molecule has 0 unspecified atom stereocenters. The number of non-ortho nitro benzene ring substituents is 1. The van der Waals surface area contributed by atoms with Crippen molar-refractivity contribution in [2.75, 3.05) is 19.6 Å². The third kappa shape index (κ3) is 3.88. The number of imidazole rings is 1. The smallest absolute Gasteiger partial charge is 0.269 e. The number of aliphatic imine (C=N–C) groups is 1. The van der Waals surface area contributed by atoms with Crippen molar-refractivity contribution in [1.29, 1.82) is 0 Å². The van der Waals surface area contributed by atoms with Crippen LogP contribution in [0.3, 0.4) is 0 Å². The van der Waals surface area contributed by atoms with Crippen molar-refractivity contribution in [2.24, 2.45) is 4.99 Å². The van der Waals surface area contributed by atoms with E-state index in [9.17, 15) is 10.1 Å². The van der Waals surface area contributed by atoms with Gasteiger partial charge in [-0.1, -0.05) is 12.1 Å². The van der Waals surface area contributed by atoms with E-state index in [1.54, 1.807) is 18.3 Å². The number of benzene rings is 2.